The first-order chi connectivity index (χ1) is 9.02. The molecule has 1 heterocycles. The number of rotatable bonds is 4. The van der Waals surface area contributed by atoms with Crippen molar-refractivity contribution in [3.8, 4) is 11.3 Å². The van der Waals surface area contributed by atoms with Gasteiger partial charge in [0.05, 0.1) is 12.1 Å². The Labute approximate surface area is 111 Å². The SMILES string of the molecule is CC(C)(CO)NC(=O)c1cc(-c2ccccc2)no1. The Hall–Kier alpha value is -2.14. The molecule has 0 unspecified atom stereocenters. The fourth-order valence-corrected chi connectivity index (χ4v) is 1.54. The summed E-state index contributed by atoms with van der Waals surface area (Å²) in [4.78, 5) is 11.9. The molecule has 0 radical (unpaired) electrons. The van der Waals surface area contributed by atoms with E-state index in [9.17, 15) is 4.79 Å². The average Bonchev–Trinajstić information content (AvgIpc) is 2.89. The Kier molecular flexibility index (Phi) is 3.66. The van der Waals surface area contributed by atoms with Crippen LogP contribution in [-0.4, -0.2) is 28.3 Å². The number of aliphatic hydroxyl groups is 1. The predicted octanol–water partition coefficient (Wildman–Crippen LogP) is 1.84. The molecule has 2 aromatic rings. The Bertz CT molecular complexity index is 561. The van der Waals surface area contributed by atoms with Crippen molar-refractivity contribution in [1.29, 1.82) is 0 Å². The zero-order valence-corrected chi connectivity index (χ0v) is 10.9. The molecule has 1 aromatic carbocycles. The maximum atomic E-state index is 11.9. The lowest BCUT2D eigenvalue weighted by Crippen LogP contribution is -2.46. The lowest BCUT2D eigenvalue weighted by atomic mass is 10.1. The number of nitrogens with one attached hydrogen (secondary N) is 1. The first kappa shape index (κ1) is 13.3. The standard InChI is InChI=1S/C14H16N2O3/c1-14(2,9-17)15-13(18)12-8-11(16-19-12)10-6-4-3-5-7-10/h3-8,17H,9H2,1-2H3,(H,15,18). The smallest absolute Gasteiger partial charge is 0.290 e. The first-order valence-electron chi connectivity index (χ1n) is 5.97. The van der Waals surface area contributed by atoms with Crippen LogP contribution in [0.3, 0.4) is 0 Å². The van der Waals surface area contributed by atoms with E-state index in [4.69, 9.17) is 9.63 Å². The normalized spacial score (nSPS) is 11.3. The molecule has 5 nitrogen and oxygen atoms in total. The molecule has 0 aliphatic heterocycles. The summed E-state index contributed by atoms with van der Waals surface area (Å²) in [6, 6.07) is 11.0. The molecular weight excluding hydrogens is 244 g/mol. The summed E-state index contributed by atoms with van der Waals surface area (Å²) in [5, 5.41) is 15.6. The van der Waals surface area contributed by atoms with Crippen LogP contribution in [0.2, 0.25) is 0 Å². The summed E-state index contributed by atoms with van der Waals surface area (Å²) < 4.78 is 5.03. The Balaban J connectivity index is 2.16. The van der Waals surface area contributed by atoms with Gasteiger partial charge in [0.1, 0.15) is 5.69 Å². The third kappa shape index (κ3) is 3.20. The molecule has 0 aliphatic carbocycles. The van der Waals surface area contributed by atoms with Crippen molar-refractivity contribution in [3.63, 3.8) is 0 Å². The third-order valence-electron chi connectivity index (χ3n) is 2.65. The van der Waals surface area contributed by atoms with Crippen molar-refractivity contribution in [2.45, 2.75) is 19.4 Å². The number of carbonyl (C=O) groups is 1. The predicted molar refractivity (Wildman–Crippen MR) is 70.6 cm³/mol. The van der Waals surface area contributed by atoms with Crippen LogP contribution in [0.1, 0.15) is 24.4 Å². The molecule has 19 heavy (non-hydrogen) atoms. The number of aliphatic hydroxyl groups excluding tert-OH is 1. The molecule has 2 rings (SSSR count). The van der Waals surface area contributed by atoms with Gasteiger partial charge in [-0.05, 0) is 13.8 Å². The van der Waals surface area contributed by atoms with Crippen molar-refractivity contribution in [2.24, 2.45) is 0 Å². The third-order valence-corrected chi connectivity index (χ3v) is 2.65. The van der Waals surface area contributed by atoms with E-state index in [-0.39, 0.29) is 12.4 Å². The van der Waals surface area contributed by atoms with Gasteiger partial charge in [0.25, 0.3) is 5.91 Å². The van der Waals surface area contributed by atoms with Crippen LogP contribution in [0.15, 0.2) is 40.9 Å². The van der Waals surface area contributed by atoms with E-state index in [1.807, 2.05) is 30.3 Å². The first-order valence-corrected chi connectivity index (χ1v) is 5.97. The highest BCUT2D eigenvalue weighted by Crippen LogP contribution is 2.18. The van der Waals surface area contributed by atoms with E-state index in [1.165, 1.54) is 0 Å². The van der Waals surface area contributed by atoms with Gasteiger partial charge in [0.15, 0.2) is 0 Å². The van der Waals surface area contributed by atoms with Gasteiger partial charge in [-0.3, -0.25) is 4.79 Å². The van der Waals surface area contributed by atoms with Crippen LogP contribution < -0.4 is 5.32 Å². The minimum absolute atomic E-state index is 0.125. The van der Waals surface area contributed by atoms with E-state index < -0.39 is 11.4 Å². The highest BCUT2D eigenvalue weighted by molar-refractivity contribution is 5.92. The fraction of sp³-hybridized carbons (Fsp3) is 0.286. The summed E-state index contributed by atoms with van der Waals surface area (Å²) in [5.41, 5.74) is 0.788. The van der Waals surface area contributed by atoms with Crippen LogP contribution >= 0.6 is 0 Å². The van der Waals surface area contributed by atoms with Crippen molar-refractivity contribution in [3.05, 3.63) is 42.2 Å². The van der Waals surface area contributed by atoms with Crippen molar-refractivity contribution >= 4 is 5.91 Å². The fourth-order valence-electron chi connectivity index (χ4n) is 1.54. The topological polar surface area (TPSA) is 75.4 Å². The minimum atomic E-state index is -0.698. The minimum Gasteiger partial charge on any atom is -0.394 e. The zero-order valence-electron chi connectivity index (χ0n) is 10.9. The molecule has 100 valence electrons. The largest absolute Gasteiger partial charge is 0.394 e. The monoisotopic (exact) mass is 260 g/mol. The number of aromatic nitrogens is 1. The number of carbonyl (C=O) groups excluding carboxylic acids is 1. The summed E-state index contributed by atoms with van der Waals surface area (Å²) in [7, 11) is 0. The van der Waals surface area contributed by atoms with E-state index in [1.54, 1.807) is 19.9 Å². The molecule has 0 saturated carbocycles. The second-order valence-corrected chi connectivity index (χ2v) is 4.94. The molecule has 5 heteroatoms. The van der Waals surface area contributed by atoms with E-state index >= 15 is 0 Å². The van der Waals surface area contributed by atoms with Crippen LogP contribution in [-0.2, 0) is 0 Å². The van der Waals surface area contributed by atoms with Gasteiger partial charge in [-0.15, -0.1) is 0 Å². The van der Waals surface area contributed by atoms with Gasteiger partial charge in [-0.2, -0.15) is 0 Å². The molecule has 2 N–H and O–H groups in total. The highest BCUT2D eigenvalue weighted by atomic mass is 16.5. The van der Waals surface area contributed by atoms with Crippen molar-refractivity contribution in [1.82, 2.24) is 10.5 Å². The quantitative estimate of drug-likeness (QED) is 0.879. The second-order valence-electron chi connectivity index (χ2n) is 4.94. The number of hydrogen-bond acceptors (Lipinski definition) is 4. The molecule has 0 atom stereocenters. The number of nitrogens with zero attached hydrogens (tertiary/aromatic N) is 1. The molecular formula is C14H16N2O3. The van der Waals surface area contributed by atoms with Gasteiger partial charge in [-0.25, -0.2) is 0 Å². The van der Waals surface area contributed by atoms with E-state index in [0.29, 0.717) is 5.69 Å². The van der Waals surface area contributed by atoms with E-state index in [0.717, 1.165) is 5.56 Å². The molecule has 0 bridgehead atoms. The summed E-state index contributed by atoms with van der Waals surface area (Å²) in [6.45, 7) is 3.29. The van der Waals surface area contributed by atoms with Crippen molar-refractivity contribution < 1.29 is 14.4 Å². The van der Waals surface area contributed by atoms with Crippen molar-refractivity contribution in [2.75, 3.05) is 6.61 Å². The Morgan fingerprint density at radius 3 is 2.68 bits per heavy atom. The van der Waals surface area contributed by atoms with Gasteiger partial charge < -0.3 is 14.9 Å². The molecule has 0 fully saturated rings. The van der Waals surface area contributed by atoms with Gasteiger partial charge in [-0.1, -0.05) is 35.5 Å². The van der Waals surface area contributed by atoms with Gasteiger partial charge in [0.2, 0.25) is 5.76 Å². The second kappa shape index (κ2) is 5.24. The summed E-state index contributed by atoms with van der Waals surface area (Å²) >= 11 is 0. The molecule has 1 amide bonds. The molecule has 0 saturated heterocycles. The van der Waals surface area contributed by atoms with Crippen LogP contribution in [0, 0.1) is 0 Å². The molecule has 1 aromatic heterocycles. The summed E-state index contributed by atoms with van der Waals surface area (Å²) in [6.07, 6.45) is 0. The Morgan fingerprint density at radius 1 is 1.37 bits per heavy atom. The zero-order chi connectivity index (χ0) is 13.9. The number of benzene rings is 1. The maximum absolute atomic E-state index is 11.9. The number of amides is 1. The summed E-state index contributed by atoms with van der Waals surface area (Å²) in [5.74, 6) is -0.269. The highest BCUT2D eigenvalue weighted by Gasteiger charge is 2.22. The Morgan fingerprint density at radius 2 is 2.05 bits per heavy atom. The number of hydrogen-bond donors (Lipinski definition) is 2. The van der Waals surface area contributed by atoms with Gasteiger partial charge >= 0.3 is 0 Å². The lowest BCUT2D eigenvalue weighted by molar-refractivity contribution is 0.0832. The average molecular weight is 260 g/mol. The lowest BCUT2D eigenvalue weighted by Gasteiger charge is -2.22. The van der Waals surface area contributed by atoms with Crippen LogP contribution in [0.4, 0.5) is 0 Å². The van der Waals surface area contributed by atoms with Crippen LogP contribution in [0.25, 0.3) is 11.3 Å². The molecule has 0 spiro atoms. The van der Waals surface area contributed by atoms with E-state index in [2.05, 4.69) is 10.5 Å². The van der Waals surface area contributed by atoms with Crippen LogP contribution in [0.5, 0.6) is 0 Å². The van der Waals surface area contributed by atoms with Gasteiger partial charge in [0, 0.05) is 11.6 Å². The maximum Gasteiger partial charge on any atom is 0.290 e. The molecule has 0 aliphatic rings.